The molecule has 0 atom stereocenters. The molecule has 0 N–H and O–H groups in total. The fourth-order valence-electron chi connectivity index (χ4n) is 3.04. The van der Waals surface area contributed by atoms with Crippen molar-refractivity contribution >= 4 is 26.0 Å². The van der Waals surface area contributed by atoms with Crippen LogP contribution in [-0.4, -0.2) is 69.5 Å². The maximum absolute atomic E-state index is 5.91. The van der Waals surface area contributed by atoms with E-state index in [9.17, 15) is 0 Å². The summed E-state index contributed by atoms with van der Waals surface area (Å²) in [5, 5.41) is 0. The van der Waals surface area contributed by atoms with Crippen molar-refractivity contribution in [2.75, 3.05) is 33.0 Å². The number of hydrogen-bond acceptors (Lipinski definition) is 4. The van der Waals surface area contributed by atoms with Gasteiger partial charge in [0, 0.05) is 35.9 Å². The Kier molecular flexibility index (Phi) is 12.2. The molecule has 0 aliphatic rings. The highest BCUT2D eigenvalue weighted by atomic mass is 28.4. The molecule has 0 aliphatic carbocycles. The minimum atomic E-state index is -1.24. The highest BCUT2D eigenvalue weighted by Crippen LogP contribution is 2.19. The van der Waals surface area contributed by atoms with E-state index in [1.807, 2.05) is 13.8 Å². The third kappa shape index (κ3) is 11.6. The van der Waals surface area contributed by atoms with Gasteiger partial charge in [-0.25, -0.2) is 0 Å². The van der Waals surface area contributed by atoms with E-state index in [1.54, 1.807) is 0 Å². The molecule has 0 spiro atoms. The van der Waals surface area contributed by atoms with E-state index in [1.165, 1.54) is 6.04 Å². The first-order valence-corrected chi connectivity index (χ1v) is 18.1. The molecular weight excluding hydrogens is 338 g/mol. The quantitative estimate of drug-likeness (QED) is 0.263. The summed E-state index contributed by atoms with van der Waals surface area (Å²) in [6.45, 7) is 23.1. The van der Waals surface area contributed by atoms with Crippen LogP contribution in [0.2, 0.25) is 51.4 Å². The third-order valence-electron chi connectivity index (χ3n) is 3.76. The molecule has 0 unspecified atom stereocenters. The molecule has 0 aromatic heterocycles. The zero-order valence-corrected chi connectivity index (χ0v) is 20.3. The first kappa shape index (κ1) is 23.5. The molecular formula is C16H41NO3Si3. The topological polar surface area (TPSA) is 30.9 Å². The van der Waals surface area contributed by atoms with Crippen molar-refractivity contribution < 1.29 is 14.2 Å². The summed E-state index contributed by atoms with van der Waals surface area (Å²) in [5.41, 5.74) is 0. The van der Waals surface area contributed by atoms with E-state index in [2.05, 4.69) is 43.5 Å². The van der Waals surface area contributed by atoms with Crippen molar-refractivity contribution in [2.24, 2.45) is 0 Å². The summed E-state index contributed by atoms with van der Waals surface area (Å²) in [7, 11) is -2.63. The van der Waals surface area contributed by atoms with Gasteiger partial charge in [-0.1, -0.05) is 39.3 Å². The largest absolute Gasteiger partial charge is 0.380 e. The van der Waals surface area contributed by atoms with Crippen molar-refractivity contribution in [1.29, 1.82) is 0 Å². The second-order valence-corrected chi connectivity index (χ2v) is 20.1. The number of rotatable bonds is 14. The zero-order valence-electron chi connectivity index (χ0n) is 16.9. The molecule has 0 radical (unpaired) electrons. The van der Waals surface area contributed by atoms with Gasteiger partial charge in [-0.05, 0) is 25.9 Å². The average molecular weight is 380 g/mol. The minimum absolute atomic E-state index is 0.0194. The molecule has 0 aromatic rings. The summed E-state index contributed by atoms with van der Waals surface area (Å²) < 4.78 is 19.9. The van der Waals surface area contributed by atoms with Gasteiger partial charge in [-0.2, -0.15) is 0 Å². The molecule has 0 heterocycles. The summed E-state index contributed by atoms with van der Waals surface area (Å²) in [6.07, 6.45) is 0.0194. The second-order valence-electron chi connectivity index (χ2n) is 7.94. The lowest BCUT2D eigenvalue weighted by Gasteiger charge is -2.43. The van der Waals surface area contributed by atoms with Crippen molar-refractivity contribution in [3.63, 3.8) is 0 Å². The molecule has 0 fully saturated rings. The van der Waals surface area contributed by atoms with Gasteiger partial charge < -0.3 is 18.4 Å². The average Bonchev–Trinajstić information content (AvgIpc) is 2.39. The van der Waals surface area contributed by atoms with Crippen LogP contribution in [0.1, 0.15) is 13.8 Å². The lowest BCUT2D eigenvalue weighted by Crippen LogP contribution is -2.59. The SMILES string of the molecule is CCOC(C[SiH2]CCOCCN([Si](C)(C)C)[Si](C)(C)C)OCC. The normalized spacial score (nSPS) is 13.8. The molecule has 0 amide bonds. The molecule has 0 bridgehead atoms. The Bertz CT molecular complexity index is 273. The Balaban J connectivity index is 3.87. The van der Waals surface area contributed by atoms with Crippen molar-refractivity contribution in [3.8, 4) is 0 Å². The van der Waals surface area contributed by atoms with Crippen LogP contribution < -0.4 is 0 Å². The third-order valence-corrected chi connectivity index (χ3v) is 13.1. The zero-order chi connectivity index (χ0) is 17.9. The van der Waals surface area contributed by atoms with Gasteiger partial charge >= 0.3 is 0 Å². The first-order valence-electron chi connectivity index (χ1n) is 9.21. The van der Waals surface area contributed by atoms with E-state index < -0.39 is 16.5 Å². The second kappa shape index (κ2) is 11.9. The smallest absolute Gasteiger partial charge is 0.154 e. The van der Waals surface area contributed by atoms with Crippen LogP contribution >= 0.6 is 0 Å². The van der Waals surface area contributed by atoms with Gasteiger partial charge in [0.25, 0.3) is 0 Å². The van der Waals surface area contributed by atoms with Gasteiger partial charge in [0.1, 0.15) is 16.5 Å². The van der Waals surface area contributed by atoms with Crippen LogP contribution in [0.25, 0.3) is 0 Å². The Morgan fingerprint density at radius 1 is 0.870 bits per heavy atom. The Hall–Kier alpha value is 0.491. The molecule has 0 saturated carbocycles. The van der Waals surface area contributed by atoms with Crippen LogP contribution in [-0.2, 0) is 14.2 Å². The van der Waals surface area contributed by atoms with E-state index in [-0.39, 0.29) is 15.8 Å². The van der Waals surface area contributed by atoms with Crippen molar-refractivity contribution in [2.45, 2.75) is 71.5 Å². The standard InChI is InChI=1S/C16H41NO3Si3/c1-9-19-16(20-10-2)15-21-14-13-18-12-11-17(22(3,4)5)23(6,7)8/h16H,9-15,21H2,1-8H3. The molecule has 0 aromatic carbocycles. The molecule has 7 heteroatoms. The van der Waals surface area contributed by atoms with Crippen molar-refractivity contribution in [1.82, 2.24) is 4.23 Å². The lowest BCUT2D eigenvalue weighted by molar-refractivity contribution is -0.123. The number of nitrogens with zero attached hydrogens (tertiary/aromatic N) is 1. The van der Waals surface area contributed by atoms with Crippen molar-refractivity contribution in [3.05, 3.63) is 0 Å². The van der Waals surface area contributed by atoms with Gasteiger partial charge in [0.2, 0.25) is 0 Å². The molecule has 23 heavy (non-hydrogen) atoms. The lowest BCUT2D eigenvalue weighted by atomic mass is 10.7. The minimum Gasteiger partial charge on any atom is -0.380 e. The summed E-state index contributed by atoms with van der Waals surface area (Å²) in [4.78, 5) is 0. The fraction of sp³-hybridized carbons (Fsp3) is 1.00. The van der Waals surface area contributed by atoms with E-state index in [0.717, 1.165) is 39.0 Å². The predicted molar refractivity (Wildman–Crippen MR) is 109 cm³/mol. The van der Waals surface area contributed by atoms with Gasteiger partial charge in [-0.15, -0.1) is 0 Å². The van der Waals surface area contributed by atoms with E-state index in [4.69, 9.17) is 14.2 Å². The summed E-state index contributed by atoms with van der Waals surface area (Å²) in [6, 6.07) is 2.32. The first-order chi connectivity index (χ1) is 10.6. The van der Waals surface area contributed by atoms with Crippen LogP contribution in [0.5, 0.6) is 0 Å². The maximum atomic E-state index is 5.91. The molecule has 0 aliphatic heterocycles. The molecule has 0 rings (SSSR count). The number of hydrogen-bond donors (Lipinski definition) is 0. The van der Waals surface area contributed by atoms with Gasteiger partial charge in [-0.3, -0.25) is 0 Å². The highest BCUT2D eigenvalue weighted by molar-refractivity contribution is 6.89. The molecule has 4 nitrogen and oxygen atoms in total. The van der Waals surface area contributed by atoms with E-state index in [0.29, 0.717) is 0 Å². The predicted octanol–water partition coefficient (Wildman–Crippen LogP) is 3.38. The maximum Gasteiger partial charge on any atom is 0.154 e. The highest BCUT2D eigenvalue weighted by Gasteiger charge is 2.33. The monoisotopic (exact) mass is 379 g/mol. The van der Waals surface area contributed by atoms with Gasteiger partial charge in [0.05, 0.1) is 6.61 Å². The molecule has 140 valence electrons. The fourth-order valence-corrected chi connectivity index (χ4v) is 14.0. The Labute approximate surface area is 149 Å². The summed E-state index contributed by atoms with van der Waals surface area (Å²) >= 11 is 0. The number of ether oxygens (including phenoxy) is 3. The van der Waals surface area contributed by atoms with Crippen LogP contribution in [0.3, 0.4) is 0 Å². The Morgan fingerprint density at radius 3 is 1.83 bits per heavy atom. The van der Waals surface area contributed by atoms with Gasteiger partial charge in [0.15, 0.2) is 6.29 Å². The van der Waals surface area contributed by atoms with Crippen LogP contribution in [0.4, 0.5) is 0 Å². The summed E-state index contributed by atoms with van der Waals surface area (Å²) in [5.74, 6) is 0. The van der Waals surface area contributed by atoms with E-state index >= 15 is 0 Å². The van der Waals surface area contributed by atoms with Crippen LogP contribution in [0, 0.1) is 0 Å². The Morgan fingerprint density at radius 2 is 1.39 bits per heavy atom. The van der Waals surface area contributed by atoms with Crippen LogP contribution in [0.15, 0.2) is 0 Å². The molecule has 0 saturated heterocycles.